The lowest BCUT2D eigenvalue weighted by molar-refractivity contribution is -0.274. The Kier molecular flexibility index (Phi) is 6.04. The second-order valence-corrected chi connectivity index (χ2v) is 5.11. The van der Waals surface area contributed by atoms with Crippen LogP contribution in [0.15, 0.2) is 24.3 Å². The molecular formula is C15H22F3NO2. The molecule has 0 aromatic heterocycles. The third kappa shape index (κ3) is 5.21. The number of rotatable bonds is 7. The van der Waals surface area contributed by atoms with E-state index in [2.05, 4.69) is 10.1 Å². The Balaban J connectivity index is 2.78. The first-order valence-corrected chi connectivity index (χ1v) is 6.81. The van der Waals surface area contributed by atoms with Gasteiger partial charge in [0.2, 0.25) is 0 Å². The second kappa shape index (κ2) is 7.13. The van der Waals surface area contributed by atoms with Crippen LogP contribution in [0, 0.1) is 0 Å². The highest BCUT2D eigenvalue weighted by Crippen LogP contribution is 2.25. The van der Waals surface area contributed by atoms with Crippen molar-refractivity contribution in [1.82, 2.24) is 5.32 Å². The highest BCUT2D eigenvalue weighted by atomic mass is 19.4. The van der Waals surface area contributed by atoms with Crippen LogP contribution in [0.1, 0.15) is 25.8 Å². The molecule has 0 heterocycles. The number of methoxy groups -OCH3 is 1. The molecule has 0 radical (unpaired) electrons. The van der Waals surface area contributed by atoms with E-state index in [-0.39, 0.29) is 17.4 Å². The molecular weight excluding hydrogens is 283 g/mol. The zero-order valence-electron chi connectivity index (χ0n) is 12.8. The van der Waals surface area contributed by atoms with Gasteiger partial charge in [-0.05, 0) is 44.5 Å². The summed E-state index contributed by atoms with van der Waals surface area (Å²) in [7, 11) is 3.51. The molecule has 0 saturated heterocycles. The molecule has 6 heteroatoms. The Morgan fingerprint density at radius 3 is 2.14 bits per heavy atom. The lowest BCUT2D eigenvalue weighted by atomic mass is 9.88. The highest BCUT2D eigenvalue weighted by molar-refractivity contribution is 5.28. The molecule has 0 fully saturated rings. The first kappa shape index (κ1) is 17.8. The summed E-state index contributed by atoms with van der Waals surface area (Å²) >= 11 is 0. The number of hydrogen-bond donors (Lipinski definition) is 1. The van der Waals surface area contributed by atoms with Crippen molar-refractivity contribution >= 4 is 0 Å². The van der Waals surface area contributed by atoms with Crippen molar-refractivity contribution in [3.63, 3.8) is 0 Å². The molecule has 0 aliphatic heterocycles. The van der Waals surface area contributed by atoms with E-state index in [1.807, 2.05) is 20.9 Å². The van der Waals surface area contributed by atoms with E-state index in [1.54, 1.807) is 19.2 Å². The standard InChI is InChI=1S/C15H22F3NO2/c1-5-14(2,20-4)13(19-3)10-11-6-8-12(9-7-11)21-15(16,17)18/h6-9,13,19H,5,10H2,1-4H3. The van der Waals surface area contributed by atoms with E-state index in [0.29, 0.717) is 6.42 Å². The van der Waals surface area contributed by atoms with Gasteiger partial charge in [-0.1, -0.05) is 19.1 Å². The number of alkyl halides is 3. The molecule has 1 aromatic carbocycles. The molecule has 0 aliphatic rings. The van der Waals surface area contributed by atoms with Crippen LogP contribution in [0.2, 0.25) is 0 Å². The van der Waals surface area contributed by atoms with Crippen molar-refractivity contribution in [2.75, 3.05) is 14.2 Å². The summed E-state index contributed by atoms with van der Waals surface area (Å²) in [6.07, 6.45) is -3.18. The fourth-order valence-electron chi connectivity index (χ4n) is 2.22. The Hall–Kier alpha value is -1.27. The van der Waals surface area contributed by atoms with Gasteiger partial charge >= 0.3 is 6.36 Å². The van der Waals surface area contributed by atoms with Crippen LogP contribution in [0.5, 0.6) is 5.75 Å². The summed E-state index contributed by atoms with van der Waals surface area (Å²) in [5, 5.41) is 3.21. The summed E-state index contributed by atoms with van der Waals surface area (Å²) in [6, 6.07) is 5.98. The van der Waals surface area contributed by atoms with Gasteiger partial charge in [-0.2, -0.15) is 0 Å². The molecule has 21 heavy (non-hydrogen) atoms. The quantitative estimate of drug-likeness (QED) is 0.836. The number of hydrogen-bond acceptors (Lipinski definition) is 3. The zero-order valence-corrected chi connectivity index (χ0v) is 12.8. The van der Waals surface area contributed by atoms with Gasteiger partial charge in [0, 0.05) is 13.2 Å². The van der Waals surface area contributed by atoms with Crippen molar-refractivity contribution in [3.8, 4) is 5.75 Å². The summed E-state index contributed by atoms with van der Waals surface area (Å²) in [6.45, 7) is 4.05. The van der Waals surface area contributed by atoms with Crippen LogP contribution < -0.4 is 10.1 Å². The maximum atomic E-state index is 12.1. The zero-order chi connectivity index (χ0) is 16.1. The van der Waals surface area contributed by atoms with Gasteiger partial charge in [-0.3, -0.25) is 0 Å². The predicted molar refractivity (Wildman–Crippen MR) is 75.4 cm³/mol. The van der Waals surface area contributed by atoms with E-state index in [4.69, 9.17) is 4.74 Å². The number of benzene rings is 1. The molecule has 1 N–H and O–H groups in total. The van der Waals surface area contributed by atoms with Crippen LogP contribution in [-0.4, -0.2) is 32.2 Å². The first-order chi connectivity index (χ1) is 9.74. The molecule has 1 aromatic rings. The van der Waals surface area contributed by atoms with Crippen LogP contribution in [0.4, 0.5) is 13.2 Å². The molecule has 0 saturated carbocycles. The van der Waals surface area contributed by atoms with Gasteiger partial charge in [0.25, 0.3) is 0 Å². The molecule has 2 atom stereocenters. The molecule has 0 spiro atoms. The van der Waals surface area contributed by atoms with E-state index < -0.39 is 6.36 Å². The Labute approximate surface area is 123 Å². The van der Waals surface area contributed by atoms with E-state index in [0.717, 1.165) is 12.0 Å². The third-order valence-electron chi connectivity index (χ3n) is 3.85. The first-order valence-electron chi connectivity index (χ1n) is 6.81. The van der Waals surface area contributed by atoms with Crippen molar-refractivity contribution in [2.24, 2.45) is 0 Å². The van der Waals surface area contributed by atoms with Crippen molar-refractivity contribution in [2.45, 2.75) is 44.7 Å². The molecule has 120 valence electrons. The maximum absolute atomic E-state index is 12.1. The normalized spacial score (nSPS) is 16.3. The monoisotopic (exact) mass is 305 g/mol. The second-order valence-electron chi connectivity index (χ2n) is 5.11. The smallest absolute Gasteiger partial charge is 0.406 e. The van der Waals surface area contributed by atoms with Gasteiger partial charge in [-0.15, -0.1) is 13.2 Å². The van der Waals surface area contributed by atoms with Crippen LogP contribution >= 0.6 is 0 Å². The largest absolute Gasteiger partial charge is 0.573 e. The lowest BCUT2D eigenvalue weighted by Crippen LogP contribution is -2.49. The number of halogens is 3. The Bertz CT molecular complexity index is 428. The molecule has 0 aliphatic carbocycles. The average Bonchev–Trinajstić information content (AvgIpc) is 2.44. The highest BCUT2D eigenvalue weighted by Gasteiger charge is 2.32. The van der Waals surface area contributed by atoms with Gasteiger partial charge in [0.05, 0.1) is 5.60 Å². The van der Waals surface area contributed by atoms with Crippen LogP contribution in [-0.2, 0) is 11.2 Å². The van der Waals surface area contributed by atoms with E-state index in [1.165, 1.54) is 12.1 Å². The molecule has 0 amide bonds. The van der Waals surface area contributed by atoms with Crippen molar-refractivity contribution < 1.29 is 22.6 Å². The molecule has 1 rings (SSSR count). The predicted octanol–water partition coefficient (Wildman–Crippen LogP) is 3.53. The van der Waals surface area contributed by atoms with Crippen molar-refractivity contribution in [3.05, 3.63) is 29.8 Å². The van der Waals surface area contributed by atoms with E-state index in [9.17, 15) is 13.2 Å². The fraction of sp³-hybridized carbons (Fsp3) is 0.600. The number of ether oxygens (including phenoxy) is 2. The molecule has 2 unspecified atom stereocenters. The van der Waals surface area contributed by atoms with Crippen LogP contribution in [0.3, 0.4) is 0 Å². The van der Waals surface area contributed by atoms with Gasteiger partial charge in [-0.25, -0.2) is 0 Å². The SMILES string of the molecule is CCC(C)(OC)C(Cc1ccc(OC(F)(F)F)cc1)NC. The molecule has 3 nitrogen and oxygen atoms in total. The lowest BCUT2D eigenvalue weighted by Gasteiger charge is -2.35. The fourth-order valence-corrected chi connectivity index (χ4v) is 2.22. The number of nitrogens with one attached hydrogen (secondary N) is 1. The van der Waals surface area contributed by atoms with Crippen molar-refractivity contribution in [1.29, 1.82) is 0 Å². The average molecular weight is 305 g/mol. The summed E-state index contributed by atoms with van der Waals surface area (Å²) in [4.78, 5) is 0. The Morgan fingerprint density at radius 2 is 1.76 bits per heavy atom. The minimum Gasteiger partial charge on any atom is -0.406 e. The summed E-state index contributed by atoms with van der Waals surface area (Å²) in [5.74, 6) is -0.211. The summed E-state index contributed by atoms with van der Waals surface area (Å²) < 4.78 is 45.7. The van der Waals surface area contributed by atoms with Gasteiger partial charge in [0.1, 0.15) is 5.75 Å². The molecule has 0 bridgehead atoms. The minimum absolute atomic E-state index is 0.0573. The minimum atomic E-state index is -4.66. The maximum Gasteiger partial charge on any atom is 0.573 e. The third-order valence-corrected chi connectivity index (χ3v) is 3.85. The topological polar surface area (TPSA) is 30.5 Å². The van der Waals surface area contributed by atoms with Crippen LogP contribution in [0.25, 0.3) is 0 Å². The summed E-state index contributed by atoms with van der Waals surface area (Å²) in [5.41, 5.74) is 0.580. The van der Waals surface area contributed by atoms with E-state index >= 15 is 0 Å². The van der Waals surface area contributed by atoms with Gasteiger partial charge < -0.3 is 14.8 Å². The van der Waals surface area contributed by atoms with Gasteiger partial charge in [0.15, 0.2) is 0 Å². The number of likely N-dealkylation sites (N-methyl/N-ethyl adjacent to an activating group) is 1. The Morgan fingerprint density at radius 1 is 1.19 bits per heavy atom.